The van der Waals surface area contributed by atoms with Crippen LogP contribution in [0.15, 0.2) is 29.3 Å². The number of hydrogen-bond acceptors (Lipinski definition) is 2. The van der Waals surface area contributed by atoms with E-state index in [1.807, 2.05) is 7.05 Å². The van der Waals surface area contributed by atoms with Crippen LogP contribution in [-0.4, -0.2) is 31.8 Å². The van der Waals surface area contributed by atoms with Crippen molar-refractivity contribution in [2.45, 2.75) is 58.7 Å². The van der Waals surface area contributed by atoms with Gasteiger partial charge in [0.15, 0.2) is 5.96 Å². The van der Waals surface area contributed by atoms with E-state index >= 15 is 0 Å². The molecule has 1 saturated heterocycles. The SMILES string of the molecule is CN=C(NC(C)c1ccccc1C)NC1C2CCCOC2C1(C)C. The topological polar surface area (TPSA) is 45.7 Å². The van der Waals surface area contributed by atoms with Crippen LogP contribution in [0.3, 0.4) is 0 Å². The number of hydrogen-bond donors (Lipinski definition) is 2. The number of nitrogens with one attached hydrogen (secondary N) is 2. The van der Waals surface area contributed by atoms with Crippen molar-refractivity contribution in [1.29, 1.82) is 0 Å². The van der Waals surface area contributed by atoms with Crippen LogP contribution >= 0.6 is 0 Å². The molecule has 0 bridgehead atoms. The lowest BCUT2D eigenvalue weighted by molar-refractivity contribution is -0.188. The van der Waals surface area contributed by atoms with Crippen LogP contribution in [0.5, 0.6) is 0 Å². The first kappa shape index (κ1) is 17.3. The molecule has 24 heavy (non-hydrogen) atoms. The molecule has 1 aromatic rings. The molecule has 1 heterocycles. The molecule has 4 heteroatoms. The van der Waals surface area contributed by atoms with E-state index in [0.29, 0.717) is 18.1 Å². The molecule has 1 aromatic carbocycles. The molecule has 4 atom stereocenters. The number of benzene rings is 1. The van der Waals surface area contributed by atoms with Crippen molar-refractivity contribution in [2.75, 3.05) is 13.7 Å². The molecule has 0 spiro atoms. The summed E-state index contributed by atoms with van der Waals surface area (Å²) in [6, 6.07) is 9.15. The monoisotopic (exact) mass is 329 g/mol. The average Bonchev–Trinajstić information content (AvgIpc) is 2.58. The maximum absolute atomic E-state index is 6.00. The second kappa shape index (κ2) is 6.75. The third kappa shape index (κ3) is 3.04. The molecule has 1 aliphatic heterocycles. The summed E-state index contributed by atoms with van der Waals surface area (Å²) >= 11 is 0. The van der Waals surface area contributed by atoms with Crippen LogP contribution in [0.25, 0.3) is 0 Å². The second-order valence-electron chi connectivity index (χ2n) is 7.84. The number of aryl methyl sites for hydroxylation is 1. The van der Waals surface area contributed by atoms with E-state index < -0.39 is 0 Å². The zero-order valence-electron chi connectivity index (χ0n) is 15.6. The molecular formula is C20H31N3O. The molecule has 2 N–H and O–H groups in total. The third-order valence-corrected chi connectivity index (χ3v) is 5.86. The van der Waals surface area contributed by atoms with Gasteiger partial charge in [-0.25, -0.2) is 0 Å². The van der Waals surface area contributed by atoms with Gasteiger partial charge in [-0.1, -0.05) is 38.1 Å². The van der Waals surface area contributed by atoms with Crippen molar-refractivity contribution >= 4 is 5.96 Å². The molecule has 4 unspecified atom stereocenters. The molecule has 1 aliphatic carbocycles. The Morgan fingerprint density at radius 2 is 2.08 bits per heavy atom. The van der Waals surface area contributed by atoms with Gasteiger partial charge in [0.05, 0.1) is 12.1 Å². The maximum Gasteiger partial charge on any atom is 0.191 e. The Labute approximate surface area is 146 Å². The standard InChI is InChI=1S/C20H31N3O/c1-13-9-6-7-10-15(13)14(2)22-19(21-5)23-17-16-11-8-12-24-18(16)20(17,3)4/h6-7,9-10,14,16-18H,8,11-12H2,1-5H3,(H2,21,22,23). The van der Waals surface area contributed by atoms with Gasteiger partial charge in [-0.3, -0.25) is 4.99 Å². The third-order valence-electron chi connectivity index (χ3n) is 5.86. The minimum absolute atomic E-state index is 0.147. The molecule has 0 amide bonds. The molecular weight excluding hydrogens is 298 g/mol. The lowest BCUT2D eigenvalue weighted by Gasteiger charge is -2.60. The van der Waals surface area contributed by atoms with E-state index in [1.54, 1.807) is 0 Å². The van der Waals surface area contributed by atoms with Crippen molar-refractivity contribution in [3.8, 4) is 0 Å². The Bertz CT molecular complexity index is 611. The number of guanidine groups is 1. The van der Waals surface area contributed by atoms with Crippen molar-refractivity contribution < 1.29 is 4.74 Å². The van der Waals surface area contributed by atoms with Crippen LogP contribution in [0.2, 0.25) is 0 Å². The van der Waals surface area contributed by atoms with Gasteiger partial charge in [0, 0.05) is 31.0 Å². The predicted octanol–water partition coefficient (Wildman–Crippen LogP) is 3.42. The highest BCUT2D eigenvalue weighted by molar-refractivity contribution is 5.80. The number of ether oxygens (including phenoxy) is 1. The van der Waals surface area contributed by atoms with E-state index in [4.69, 9.17) is 4.74 Å². The first-order valence-corrected chi connectivity index (χ1v) is 9.12. The van der Waals surface area contributed by atoms with Gasteiger partial charge in [-0.15, -0.1) is 0 Å². The molecule has 132 valence electrons. The summed E-state index contributed by atoms with van der Waals surface area (Å²) in [4.78, 5) is 4.46. The molecule has 0 aromatic heterocycles. The lowest BCUT2D eigenvalue weighted by Crippen LogP contribution is -2.71. The largest absolute Gasteiger partial charge is 0.377 e. The zero-order chi connectivity index (χ0) is 17.3. The van der Waals surface area contributed by atoms with Crippen molar-refractivity contribution in [3.05, 3.63) is 35.4 Å². The van der Waals surface area contributed by atoms with Gasteiger partial charge >= 0.3 is 0 Å². The highest BCUT2D eigenvalue weighted by Crippen LogP contribution is 2.51. The number of aliphatic imine (C=N–C) groups is 1. The van der Waals surface area contributed by atoms with Gasteiger partial charge < -0.3 is 15.4 Å². The summed E-state index contributed by atoms with van der Waals surface area (Å²) in [7, 11) is 1.85. The fourth-order valence-electron chi connectivity index (χ4n) is 4.49. The highest BCUT2D eigenvalue weighted by Gasteiger charge is 2.58. The fourth-order valence-corrected chi connectivity index (χ4v) is 4.49. The normalized spacial score (nSPS) is 30.0. The van der Waals surface area contributed by atoms with Crippen LogP contribution in [0.1, 0.15) is 50.8 Å². The van der Waals surface area contributed by atoms with E-state index in [-0.39, 0.29) is 11.5 Å². The average molecular weight is 329 g/mol. The summed E-state index contributed by atoms with van der Waals surface area (Å²) in [5, 5.41) is 7.23. The van der Waals surface area contributed by atoms with E-state index in [2.05, 4.69) is 67.6 Å². The molecule has 2 aliphatic rings. The van der Waals surface area contributed by atoms with Crippen LogP contribution in [0, 0.1) is 18.3 Å². The maximum atomic E-state index is 6.00. The first-order chi connectivity index (χ1) is 11.4. The van der Waals surface area contributed by atoms with E-state index in [0.717, 1.165) is 12.6 Å². The summed E-state index contributed by atoms with van der Waals surface area (Å²) in [6.45, 7) is 9.86. The van der Waals surface area contributed by atoms with Crippen molar-refractivity contribution in [2.24, 2.45) is 16.3 Å². The first-order valence-electron chi connectivity index (χ1n) is 9.12. The highest BCUT2D eigenvalue weighted by atomic mass is 16.5. The predicted molar refractivity (Wildman–Crippen MR) is 99.3 cm³/mol. The van der Waals surface area contributed by atoms with Crippen molar-refractivity contribution in [3.63, 3.8) is 0 Å². The Morgan fingerprint density at radius 1 is 1.33 bits per heavy atom. The summed E-state index contributed by atoms with van der Waals surface area (Å²) in [5.41, 5.74) is 2.76. The van der Waals surface area contributed by atoms with Crippen molar-refractivity contribution in [1.82, 2.24) is 10.6 Å². The summed E-state index contributed by atoms with van der Waals surface area (Å²) in [5.74, 6) is 1.48. The van der Waals surface area contributed by atoms with E-state index in [9.17, 15) is 0 Å². The van der Waals surface area contributed by atoms with Crippen LogP contribution in [-0.2, 0) is 4.74 Å². The Kier molecular flexibility index (Phi) is 4.86. The van der Waals surface area contributed by atoms with Crippen LogP contribution < -0.4 is 10.6 Å². The van der Waals surface area contributed by atoms with Gasteiger partial charge in [0.25, 0.3) is 0 Å². The van der Waals surface area contributed by atoms with Gasteiger partial charge in [-0.2, -0.15) is 0 Å². The van der Waals surface area contributed by atoms with E-state index in [1.165, 1.54) is 24.0 Å². The van der Waals surface area contributed by atoms with Gasteiger partial charge in [0.1, 0.15) is 0 Å². The lowest BCUT2D eigenvalue weighted by atomic mass is 9.55. The smallest absolute Gasteiger partial charge is 0.191 e. The number of fused-ring (bicyclic) bond motifs is 1. The fraction of sp³-hybridized carbons (Fsp3) is 0.650. The molecule has 2 fully saturated rings. The minimum atomic E-state index is 0.147. The number of rotatable bonds is 3. The molecule has 1 saturated carbocycles. The molecule has 0 radical (unpaired) electrons. The zero-order valence-corrected chi connectivity index (χ0v) is 15.6. The Balaban J connectivity index is 1.66. The summed E-state index contributed by atoms with van der Waals surface area (Å²) < 4.78 is 6.00. The minimum Gasteiger partial charge on any atom is -0.377 e. The van der Waals surface area contributed by atoms with Gasteiger partial charge in [-0.05, 0) is 37.8 Å². The van der Waals surface area contributed by atoms with Gasteiger partial charge in [0.2, 0.25) is 0 Å². The summed E-state index contributed by atoms with van der Waals surface area (Å²) in [6.07, 6.45) is 2.80. The quantitative estimate of drug-likeness (QED) is 0.660. The Hall–Kier alpha value is -1.55. The Morgan fingerprint density at radius 3 is 2.79 bits per heavy atom. The molecule has 4 nitrogen and oxygen atoms in total. The number of nitrogens with zero attached hydrogens (tertiary/aromatic N) is 1. The molecule has 3 rings (SSSR count). The second-order valence-corrected chi connectivity index (χ2v) is 7.84. The van der Waals surface area contributed by atoms with Crippen LogP contribution in [0.4, 0.5) is 0 Å².